The molecule has 1 aliphatic rings. The van der Waals surface area contributed by atoms with Gasteiger partial charge >= 0.3 is 6.03 Å². The number of nitrogens with zero attached hydrogens (tertiary/aromatic N) is 3. The van der Waals surface area contributed by atoms with Crippen molar-refractivity contribution in [2.24, 2.45) is 4.99 Å². The Balaban J connectivity index is 1.71. The third kappa shape index (κ3) is 5.33. The molecule has 0 bridgehead atoms. The van der Waals surface area contributed by atoms with Crippen LogP contribution in [0.2, 0.25) is 0 Å². The van der Waals surface area contributed by atoms with Gasteiger partial charge in [0.25, 0.3) is 0 Å². The maximum atomic E-state index is 12.8. The van der Waals surface area contributed by atoms with Gasteiger partial charge in [0.05, 0.1) is 13.1 Å². The van der Waals surface area contributed by atoms with Crippen molar-refractivity contribution in [3.63, 3.8) is 0 Å². The van der Waals surface area contributed by atoms with Gasteiger partial charge in [-0.15, -0.1) is 0 Å². The Morgan fingerprint density at radius 2 is 2.12 bits per heavy atom. The van der Waals surface area contributed by atoms with Gasteiger partial charge in [-0.2, -0.15) is 0 Å². The van der Waals surface area contributed by atoms with Gasteiger partial charge in [-0.3, -0.25) is 14.7 Å². The molecule has 0 unspecified atom stereocenters. The molecular weight excluding hydrogens is 329 g/mol. The summed E-state index contributed by atoms with van der Waals surface area (Å²) in [6, 6.07) is 5.45. The zero-order valence-electron chi connectivity index (χ0n) is 14.3. The average molecular weight is 351 g/mol. The smallest absolute Gasteiger partial charge is 0.324 e. The number of hydrogen-bond acceptors (Lipinski definition) is 4. The predicted molar refractivity (Wildman–Crippen MR) is 91.0 cm³/mol. The van der Waals surface area contributed by atoms with E-state index in [1.54, 1.807) is 19.2 Å². The molecule has 1 saturated heterocycles. The highest BCUT2D eigenvalue weighted by Crippen LogP contribution is 2.10. The Labute approximate surface area is 145 Å². The number of aliphatic imine (C=N–C) groups is 1. The molecule has 1 fully saturated rings. The Morgan fingerprint density at radius 1 is 1.40 bits per heavy atom. The Hall–Kier alpha value is -2.84. The molecule has 0 spiro atoms. The summed E-state index contributed by atoms with van der Waals surface area (Å²) < 4.78 is 18.4. The second-order valence-electron chi connectivity index (χ2n) is 5.40. The van der Waals surface area contributed by atoms with Crippen LogP contribution in [0.4, 0.5) is 9.18 Å². The topological polar surface area (TPSA) is 86.3 Å². The first-order valence-electron chi connectivity index (χ1n) is 7.89. The molecule has 3 amide bonds. The number of carbonyl (C=O) groups is 2. The molecule has 9 heteroatoms. The maximum absolute atomic E-state index is 12.8. The molecule has 1 heterocycles. The molecule has 0 aromatic heterocycles. The Bertz CT molecular complexity index is 619. The van der Waals surface area contributed by atoms with Crippen LogP contribution < -0.4 is 15.4 Å². The number of imide groups is 1. The van der Waals surface area contributed by atoms with Crippen molar-refractivity contribution in [2.75, 3.05) is 46.9 Å². The molecule has 2 N–H and O–H groups in total. The van der Waals surface area contributed by atoms with Crippen LogP contribution in [0.3, 0.4) is 0 Å². The number of carbonyl (C=O) groups excluding carboxylic acids is 2. The van der Waals surface area contributed by atoms with Gasteiger partial charge in [0.1, 0.15) is 18.2 Å². The summed E-state index contributed by atoms with van der Waals surface area (Å²) in [4.78, 5) is 30.1. The third-order valence-electron chi connectivity index (χ3n) is 3.64. The first-order valence-corrected chi connectivity index (χ1v) is 7.89. The zero-order chi connectivity index (χ0) is 18.2. The Morgan fingerprint density at radius 3 is 2.72 bits per heavy atom. The highest BCUT2D eigenvalue weighted by Gasteiger charge is 2.27. The van der Waals surface area contributed by atoms with E-state index in [2.05, 4.69) is 15.6 Å². The molecule has 25 heavy (non-hydrogen) atoms. The van der Waals surface area contributed by atoms with Crippen molar-refractivity contribution in [2.45, 2.75) is 0 Å². The maximum Gasteiger partial charge on any atom is 0.324 e. The number of amides is 3. The average Bonchev–Trinajstić information content (AvgIpc) is 2.92. The van der Waals surface area contributed by atoms with Crippen LogP contribution >= 0.6 is 0 Å². The lowest BCUT2D eigenvalue weighted by atomic mass is 10.3. The highest BCUT2D eigenvalue weighted by molar-refractivity contribution is 6.01. The fraction of sp³-hybridized carbons (Fsp3) is 0.438. The number of ether oxygens (including phenoxy) is 1. The summed E-state index contributed by atoms with van der Waals surface area (Å²) in [6.45, 7) is 1.67. The van der Waals surface area contributed by atoms with Crippen LogP contribution in [0, 0.1) is 5.82 Å². The van der Waals surface area contributed by atoms with Crippen molar-refractivity contribution in [3.8, 4) is 5.75 Å². The second-order valence-corrected chi connectivity index (χ2v) is 5.40. The number of halogens is 1. The van der Waals surface area contributed by atoms with Crippen LogP contribution in [0.15, 0.2) is 29.3 Å². The monoisotopic (exact) mass is 351 g/mol. The van der Waals surface area contributed by atoms with E-state index in [0.29, 0.717) is 31.4 Å². The van der Waals surface area contributed by atoms with Gasteiger partial charge in [0.15, 0.2) is 5.96 Å². The first kappa shape index (κ1) is 18.5. The minimum atomic E-state index is -0.372. The molecule has 0 radical (unpaired) electrons. The Kier molecular flexibility index (Phi) is 6.55. The van der Waals surface area contributed by atoms with Crippen LogP contribution in [-0.2, 0) is 4.79 Å². The molecule has 0 atom stereocenters. The van der Waals surface area contributed by atoms with Gasteiger partial charge < -0.3 is 20.3 Å². The third-order valence-corrected chi connectivity index (χ3v) is 3.64. The van der Waals surface area contributed by atoms with E-state index in [1.807, 2.05) is 11.9 Å². The fourth-order valence-corrected chi connectivity index (χ4v) is 2.28. The van der Waals surface area contributed by atoms with E-state index < -0.39 is 0 Å². The number of hydrogen-bond donors (Lipinski definition) is 2. The number of likely N-dealkylation sites (N-methyl/N-ethyl adjacent to an activating group) is 1. The van der Waals surface area contributed by atoms with E-state index in [-0.39, 0.29) is 30.8 Å². The molecule has 2 rings (SSSR count). The van der Waals surface area contributed by atoms with Crippen molar-refractivity contribution < 1.29 is 18.7 Å². The van der Waals surface area contributed by atoms with Gasteiger partial charge in [-0.05, 0) is 24.3 Å². The van der Waals surface area contributed by atoms with Gasteiger partial charge in [-0.25, -0.2) is 9.18 Å². The van der Waals surface area contributed by atoms with E-state index in [9.17, 15) is 14.0 Å². The molecule has 0 aliphatic carbocycles. The minimum absolute atomic E-state index is 0.0498. The van der Waals surface area contributed by atoms with E-state index >= 15 is 0 Å². The number of benzene rings is 1. The predicted octanol–water partition coefficient (Wildman–Crippen LogP) is 0.264. The normalized spacial score (nSPS) is 14.5. The lowest BCUT2D eigenvalue weighted by molar-refractivity contribution is -0.124. The van der Waals surface area contributed by atoms with E-state index in [0.717, 1.165) is 4.90 Å². The zero-order valence-corrected chi connectivity index (χ0v) is 14.3. The number of urea groups is 1. The highest BCUT2D eigenvalue weighted by atomic mass is 19.1. The molecule has 1 aliphatic heterocycles. The van der Waals surface area contributed by atoms with Crippen LogP contribution in [0.25, 0.3) is 0 Å². The SMILES string of the molecule is CN=C(NCCN1C(=O)CNC1=O)N(C)CCOc1ccc(F)cc1. The largest absolute Gasteiger partial charge is 0.492 e. The van der Waals surface area contributed by atoms with Crippen molar-refractivity contribution >= 4 is 17.9 Å². The summed E-state index contributed by atoms with van der Waals surface area (Å²) in [7, 11) is 3.49. The number of nitrogens with one attached hydrogen (secondary N) is 2. The van der Waals surface area contributed by atoms with Crippen LogP contribution in [0.5, 0.6) is 5.75 Å². The molecule has 136 valence electrons. The van der Waals surface area contributed by atoms with Crippen molar-refractivity contribution in [1.82, 2.24) is 20.4 Å². The quantitative estimate of drug-likeness (QED) is 0.418. The summed E-state index contributed by atoms with van der Waals surface area (Å²) in [6.07, 6.45) is 0. The molecule has 0 saturated carbocycles. The van der Waals surface area contributed by atoms with Crippen molar-refractivity contribution in [3.05, 3.63) is 30.1 Å². The number of guanidine groups is 1. The fourth-order valence-electron chi connectivity index (χ4n) is 2.28. The van der Waals surface area contributed by atoms with Crippen LogP contribution in [0.1, 0.15) is 0 Å². The standard InChI is InChI=1S/C16H22FN5O3/c1-18-15(19-7-8-22-14(23)11-20-16(22)24)21(2)9-10-25-13-5-3-12(17)4-6-13/h3-6H,7-11H2,1-2H3,(H,18,19)(H,20,24). The van der Waals surface area contributed by atoms with E-state index in [4.69, 9.17) is 4.74 Å². The van der Waals surface area contributed by atoms with E-state index in [1.165, 1.54) is 12.1 Å². The second kappa shape index (κ2) is 8.86. The summed E-state index contributed by atoms with van der Waals surface area (Å²) in [5.41, 5.74) is 0. The molecular formula is C16H22FN5O3. The number of rotatable bonds is 7. The summed E-state index contributed by atoms with van der Waals surface area (Å²) in [5.74, 6) is 0.674. The van der Waals surface area contributed by atoms with Gasteiger partial charge in [0.2, 0.25) is 5.91 Å². The van der Waals surface area contributed by atoms with Gasteiger partial charge in [-0.1, -0.05) is 0 Å². The minimum Gasteiger partial charge on any atom is -0.492 e. The molecule has 1 aromatic carbocycles. The lowest BCUT2D eigenvalue weighted by Crippen LogP contribution is -2.44. The summed E-state index contributed by atoms with van der Waals surface area (Å²) in [5, 5.41) is 5.56. The summed E-state index contributed by atoms with van der Waals surface area (Å²) >= 11 is 0. The van der Waals surface area contributed by atoms with Crippen molar-refractivity contribution in [1.29, 1.82) is 0 Å². The lowest BCUT2D eigenvalue weighted by Gasteiger charge is -2.23. The first-order chi connectivity index (χ1) is 12.0. The molecule has 8 nitrogen and oxygen atoms in total. The van der Waals surface area contributed by atoms with Crippen LogP contribution in [-0.4, -0.2) is 74.6 Å². The van der Waals surface area contributed by atoms with Gasteiger partial charge in [0, 0.05) is 27.2 Å². The molecule has 1 aromatic rings.